The minimum atomic E-state index is -0.261. The van der Waals surface area contributed by atoms with Gasteiger partial charge in [-0.2, -0.15) is 0 Å². The summed E-state index contributed by atoms with van der Waals surface area (Å²) in [6.45, 7) is 1.96. The van der Waals surface area contributed by atoms with Gasteiger partial charge in [0.05, 0.1) is 23.1 Å². The highest BCUT2D eigenvalue weighted by molar-refractivity contribution is 6.37. The number of aromatic amines is 1. The zero-order chi connectivity index (χ0) is 22.9. The number of carbonyl (C=O) groups excluding carboxylic acids is 1. The van der Waals surface area contributed by atoms with Gasteiger partial charge in [-0.1, -0.05) is 41.9 Å². The molecule has 5 rings (SSSR count). The number of H-pyrrole nitrogens is 1. The molecule has 1 atom stereocenters. The summed E-state index contributed by atoms with van der Waals surface area (Å²) in [6.07, 6.45) is 3.03. The van der Waals surface area contributed by atoms with E-state index in [9.17, 15) is 4.79 Å². The number of anilines is 2. The third-order valence-electron chi connectivity index (χ3n) is 5.50. The minimum absolute atomic E-state index is 0.244. The Morgan fingerprint density at radius 3 is 2.73 bits per heavy atom. The maximum Gasteiger partial charge on any atom is 0.277 e. The molecule has 33 heavy (non-hydrogen) atoms. The van der Waals surface area contributed by atoms with Gasteiger partial charge in [0.25, 0.3) is 5.91 Å². The van der Waals surface area contributed by atoms with Gasteiger partial charge in [-0.3, -0.25) is 4.79 Å². The molecule has 164 valence electrons. The number of amides is 1. The first-order valence-electron chi connectivity index (χ1n) is 10.4. The third-order valence-corrected chi connectivity index (χ3v) is 5.81. The normalized spacial score (nSPS) is 12.1. The molecule has 1 unspecified atom stereocenters. The molecule has 0 bridgehead atoms. The third kappa shape index (κ3) is 3.85. The predicted molar refractivity (Wildman–Crippen MR) is 130 cm³/mol. The Bertz CT molecular complexity index is 1470. The van der Waals surface area contributed by atoms with Crippen LogP contribution in [0.25, 0.3) is 21.9 Å². The Balaban J connectivity index is 1.58. The van der Waals surface area contributed by atoms with Gasteiger partial charge in [-0.15, -0.1) is 0 Å². The fraction of sp³-hybridized carbons (Fsp3) is 0.125. The quantitative estimate of drug-likeness (QED) is 0.385. The number of nitrogens with one attached hydrogen (secondary N) is 2. The van der Waals surface area contributed by atoms with Crippen LogP contribution in [0, 0.1) is 0 Å². The second-order valence-corrected chi connectivity index (χ2v) is 8.03. The van der Waals surface area contributed by atoms with E-state index in [4.69, 9.17) is 16.6 Å². The molecule has 2 N–H and O–H groups in total. The molecule has 0 fully saturated rings. The van der Waals surface area contributed by atoms with Crippen molar-refractivity contribution in [1.82, 2.24) is 24.9 Å². The van der Waals surface area contributed by atoms with Gasteiger partial charge in [-0.25, -0.2) is 19.9 Å². The second kappa shape index (κ2) is 8.48. The second-order valence-electron chi connectivity index (χ2n) is 7.62. The molecule has 8 nitrogen and oxygen atoms in total. The molecule has 0 aliphatic rings. The van der Waals surface area contributed by atoms with E-state index < -0.39 is 0 Å². The lowest BCUT2D eigenvalue weighted by Crippen LogP contribution is -2.28. The molecule has 0 saturated heterocycles. The summed E-state index contributed by atoms with van der Waals surface area (Å²) in [5.41, 5.74) is 3.01. The molecule has 2 aromatic carbocycles. The number of imidazole rings is 1. The molecule has 1 amide bonds. The molecule has 0 aliphatic heterocycles. The summed E-state index contributed by atoms with van der Waals surface area (Å²) in [4.78, 5) is 35.6. The van der Waals surface area contributed by atoms with E-state index in [0.717, 1.165) is 11.1 Å². The van der Waals surface area contributed by atoms with Crippen LogP contribution in [0.2, 0.25) is 5.02 Å². The number of pyridine rings is 1. The number of hydrogen-bond donors (Lipinski definition) is 2. The zero-order valence-corrected chi connectivity index (χ0v) is 18.7. The van der Waals surface area contributed by atoms with Crippen molar-refractivity contribution in [2.24, 2.45) is 0 Å². The summed E-state index contributed by atoms with van der Waals surface area (Å²) < 4.78 is 0. The van der Waals surface area contributed by atoms with Crippen molar-refractivity contribution in [3.05, 3.63) is 83.7 Å². The largest absolute Gasteiger partial charge is 0.360 e. The Labute approximate surface area is 194 Å². The molecule has 0 spiro atoms. The fourth-order valence-electron chi connectivity index (χ4n) is 3.75. The number of hydrogen-bond acceptors (Lipinski definition) is 6. The molecule has 0 saturated carbocycles. The average molecular weight is 458 g/mol. The van der Waals surface area contributed by atoms with E-state index in [2.05, 4.69) is 25.3 Å². The number of halogens is 1. The molecule has 9 heteroatoms. The van der Waals surface area contributed by atoms with Crippen molar-refractivity contribution in [3.63, 3.8) is 0 Å². The van der Waals surface area contributed by atoms with Crippen molar-refractivity contribution >= 4 is 50.9 Å². The standard InChI is InChI=1S/C24H20ClN7O/c1-14(30-23-21-22(27-12-26-21)28-13-29-23)18-11-15-7-6-10-17(25)19(15)20(31-18)24(33)32(2)16-8-4-3-5-9-16/h3-14H,1-2H3,(H2,26,27,28,29,30). The van der Waals surface area contributed by atoms with E-state index in [1.807, 2.05) is 55.5 Å². The SMILES string of the molecule is CC(Nc1ncnc2nc[nH]c12)c1cc2cccc(Cl)c2c(C(=O)N(C)c2ccccc2)n1. The van der Waals surface area contributed by atoms with Gasteiger partial charge >= 0.3 is 0 Å². The van der Waals surface area contributed by atoms with Crippen LogP contribution < -0.4 is 10.2 Å². The van der Waals surface area contributed by atoms with Gasteiger partial charge in [0, 0.05) is 18.1 Å². The van der Waals surface area contributed by atoms with E-state index in [-0.39, 0.29) is 11.9 Å². The van der Waals surface area contributed by atoms with Gasteiger partial charge < -0.3 is 15.2 Å². The molecular weight excluding hydrogens is 438 g/mol. The lowest BCUT2D eigenvalue weighted by molar-refractivity contribution is 0.0990. The number of carbonyl (C=O) groups is 1. The monoisotopic (exact) mass is 457 g/mol. The van der Waals surface area contributed by atoms with Crippen LogP contribution in [0.4, 0.5) is 11.5 Å². The van der Waals surface area contributed by atoms with E-state index in [1.54, 1.807) is 24.3 Å². The number of fused-ring (bicyclic) bond motifs is 2. The molecule has 3 heterocycles. The van der Waals surface area contributed by atoms with Crippen LogP contribution >= 0.6 is 11.6 Å². The van der Waals surface area contributed by atoms with Gasteiger partial charge in [0.1, 0.15) is 17.5 Å². The van der Waals surface area contributed by atoms with E-state index in [0.29, 0.717) is 38.8 Å². The van der Waals surface area contributed by atoms with Crippen LogP contribution in [0.15, 0.2) is 67.3 Å². The number of benzene rings is 2. The maximum atomic E-state index is 13.5. The van der Waals surface area contributed by atoms with Crippen LogP contribution in [0.3, 0.4) is 0 Å². The Kier molecular flexibility index (Phi) is 5.35. The Morgan fingerprint density at radius 2 is 1.91 bits per heavy atom. The van der Waals surface area contributed by atoms with E-state index >= 15 is 0 Å². The first-order valence-corrected chi connectivity index (χ1v) is 10.7. The lowest BCUT2D eigenvalue weighted by atomic mass is 10.0. The Morgan fingerprint density at radius 1 is 1.09 bits per heavy atom. The van der Waals surface area contributed by atoms with Gasteiger partial charge in [0.15, 0.2) is 11.5 Å². The van der Waals surface area contributed by atoms with Crippen molar-refractivity contribution < 1.29 is 4.79 Å². The lowest BCUT2D eigenvalue weighted by Gasteiger charge is -2.20. The fourth-order valence-corrected chi connectivity index (χ4v) is 4.02. The average Bonchev–Trinajstić information content (AvgIpc) is 3.33. The number of nitrogens with zero attached hydrogens (tertiary/aromatic N) is 5. The Hall–Kier alpha value is -4.04. The summed E-state index contributed by atoms with van der Waals surface area (Å²) in [5.74, 6) is 0.360. The molecule has 3 aromatic heterocycles. The van der Waals surface area contributed by atoms with Crippen LogP contribution in [-0.4, -0.2) is 37.9 Å². The first-order chi connectivity index (χ1) is 16.0. The summed E-state index contributed by atoms with van der Waals surface area (Å²) in [5, 5.41) is 5.29. The maximum absolute atomic E-state index is 13.5. The number of rotatable bonds is 5. The highest BCUT2D eigenvalue weighted by atomic mass is 35.5. The number of aromatic nitrogens is 5. The molecule has 0 aliphatic carbocycles. The summed E-state index contributed by atoms with van der Waals surface area (Å²) >= 11 is 6.52. The summed E-state index contributed by atoms with van der Waals surface area (Å²) in [6, 6.07) is 16.7. The first kappa shape index (κ1) is 20.8. The highest BCUT2D eigenvalue weighted by Crippen LogP contribution is 2.31. The van der Waals surface area contributed by atoms with Gasteiger partial charge in [-0.05, 0) is 36.6 Å². The molecule has 0 radical (unpaired) electrons. The highest BCUT2D eigenvalue weighted by Gasteiger charge is 2.22. The topological polar surface area (TPSA) is 99.7 Å². The minimum Gasteiger partial charge on any atom is -0.360 e. The van der Waals surface area contributed by atoms with Crippen molar-refractivity contribution in [2.75, 3.05) is 17.3 Å². The molecular formula is C24H20ClN7O. The molecule has 5 aromatic rings. The van der Waals surface area contributed by atoms with Crippen LogP contribution in [-0.2, 0) is 0 Å². The summed E-state index contributed by atoms with van der Waals surface area (Å²) in [7, 11) is 1.73. The van der Waals surface area contributed by atoms with Crippen molar-refractivity contribution in [1.29, 1.82) is 0 Å². The van der Waals surface area contributed by atoms with Crippen molar-refractivity contribution in [2.45, 2.75) is 13.0 Å². The van der Waals surface area contributed by atoms with Crippen LogP contribution in [0.5, 0.6) is 0 Å². The van der Waals surface area contributed by atoms with Crippen molar-refractivity contribution in [3.8, 4) is 0 Å². The van der Waals surface area contributed by atoms with Gasteiger partial charge in [0.2, 0.25) is 0 Å². The predicted octanol–water partition coefficient (Wildman–Crippen LogP) is 5.00. The zero-order valence-electron chi connectivity index (χ0n) is 18.0. The van der Waals surface area contributed by atoms with Crippen LogP contribution in [0.1, 0.15) is 29.1 Å². The number of para-hydroxylation sites is 1. The smallest absolute Gasteiger partial charge is 0.277 e. The van der Waals surface area contributed by atoms with E-state index in [1.165, 1.54) is 6.33 Å².